The minimum Gasteiger partial charge on any atom is -0.415 e. The van der Waals surface area contributed by atoms with Crippen LogP contribution in [0.15, 0.2) is 65.1 Å². The van der Waals surface area contributed by atoms with Crippen LogP contribution in [0.3, 0.4) is 0 Å². The van der Waals surface area contributed by atoms with Crippen LogP contribution in [0.1, 0.15) is 0 Å². The molecule has 4 aromatic rings. The number of aromatic nitrogens is 4. The van der Waals surface area contributed by atoms with Gasteiger partial charge in [-0.3, -0.25) is 5.10 Å². The highest BCUT2D eigenvalue weighted by Crippen LogP contribution is 2.26. The molecular weight excluding hydrogens is 312 g/mol. The average molecular weight is 323 g/mol. The molecule has 23 heavy (non-hydrogen) atoms. The Morgan fingerprint density at radius 3 is 2.35 bits per heavy atom. The van der Waals surface area contributed by atoms with Crippen molar-refractivity contribution in [3.8, 4) is 34.3 Å². The first kappa shape index (κ1) is 13.7. The van der Waals surface area contributed by atoms with E-state index in [0.29, 0.717) is 22.5 Å². The lowest BCUT2D eigenvalue weighted by molar-refractivity contribution is 0.582. The molecular formula is C17H11ClN4O. The van der Waals surface area contributed by atoms with E-state index in [1.54, 1.807) is 0 Å². The normalized spacial score (nSPS) is 10.8. The van der Waals surface area contributed by atoms with Crippen molar-refractivity contribution >= 4 is 11.6 Å². The molecule has 2 heterocycles. The standard InChI is InChI=1S/C17H11ClN4O/c18-13-8-6-11(7-9-13)14-10-15(20-19-14)17-22-21-16(23-17)12-4-2-1-3-5-12/h1-10H,(H,19,20). The smallest absolute Gasteiger partial charge is 0.266 e. The largest absolute Gasteiger partial charge is 0.415 e. The second kappa shape index (κ2) is 5.70. The van der Waals surface area contributed by atoms with Gasteiger partial charge < -0.3 is 4.42 Å². The Labute approximate surface area is 137 Å². The van der Waals surface area contributed by atoms with Crippen LogP contribution in [-0.4, -0.2) is 20.4 Å². The SMILES string of the molecule is Clc1ccc(-c2cc(-c3nnc(-c4ccccc4)o3)[nH]n2)cc1. The summed E-state index contributed by atoms with van der Waals surface area (Å²) in [5.74, 6) is 0.875. The first-order valence-corrected chi connectivity index (χ1v) is 7.38. The van der Waals surface area contributed by atoms with E-state index in [2.05, 4.69) is 20.4 Å². The third-order valence-electron chi connectivity index (χ3n) is 3.39. The number of nitrogens with one attached hydrogen (secondary N) is 1. The van der Waals surface area contributed by atoms with Gasteiger partial charge in [-0.1, -0.05) is 41.9 Å². The predicted octanol–water partition coefficient (Wildman–Crippen LogP) is 4.45. The highest BCUT2D eigenvalue weighted by atomic mass is 35.5. The summed E-state index contributed by atoms with van der Waals surface area (Å²) < 4.78 is 5.71. The fourth-order valence-corrected chi connectivity index (χ4v) is 2.36. The number of rotatable bonds is 3. The Morgan fingerprint density at radius 2 is 1.57 bits per heavy atom. The molecule has 1 N–H and O–H groups in total. The molecule has 0 amide bonds. The van der Waals surface area contributed by atoms with Gasteiger partial charge in [0, 0.05) is 16.1 Å². The number of hydrogen-bond acceptors (Lipinski definition) is 4. The Hall–Kier alpha value is -2.92. The summed E-state index contributed by atoms with van der Waals surface area (Å²) >= 11 is 5.90. The highest BCUT2D eigenvalue weighted by molar-refractivity contribution is 6.30. The Morgan fingerprint density at radius 1 is 0.826 bits per heavy atom. The van der Waals surface area contributed by atoms with Crippen molar-refractivity contribution in [2.45, 2.75) is 0 Å². The summed E-state index contributed by atoms with van der Waals surface area (Å²) in [6, 6.07) is 19.0. The molecule has 0 fully saturated rings. The third kappa shape index (κ3) is 2.74. The lowest BCUT2D eigenvalue weighted by atomic mass is 10.1. The van der Waals surface area contributed by atoms with Crippen molar-refractivity contribution in [2.24, 2.45) is 0 Å². The molecule has 0 aliphatic carbocycles. The molecule has 112 valence electrons. The summed E-state index contributed by atoms with van der Waals surface area (Å²) in [6.45, 7) is 0. The number of halogens is 1. The maximum atomic E-state index is 5.90. The van der Waals surface area contributed by atoms with Gasteiger partial charge >= 0.3 is 0 Å². The summed E-state index contributed by atoms with van der Waals surface area (Å²) in [5.41, 5.74) is 3.30. The molecule has 2 aromatic heterocycles. The van der Waals surface area contributed by atoms with Crippen molar-refractivity contribution in [2.75, 3.05) is 0 Å². The minimum atomic E-state index is 0.400. The number of H-pyrrole nitrogens is 1. The van der Waals surface area contributed by atoms with E-state index < -0.39 is 0 Å². The van der Waals surface area contributed by atoms with Crippen molar-refractivity contribution < 1.29 is 4.42 Å². The summed E-state index contributed by atoms with van der Waals surface area (Å²) in [7, 11) is 0. The Kier molecular flexibility index (Phi) is 3.40. The Balaban J connectivity index is 1.65. The van der Waals surface area contributed by atoms with Gasteiger partial charge in [-0.15, -0.1) is 10.2 Å². The van der Waals surface area contributed by atoms with E-state index in [1.807, 2.05) is 60.7 Å². The molecule has 0 saturated heterocycles. The van der Waals surface area contributed by atoms with Crippen molar-refractivity contribution in [3.63, 3.8) is 0 Å². The fraction of sp³-hybridized carbons (Fsp3) is 0. The molecule has 0 aliphatic rings. The van der Waals surface area contributed by atoms with Gasteiger partial charge in [0.25, 0.3) is 5.89 Å². The molecule has 0 unspecified atom stereocenters. The van der Waals surface area contributed by atoms with Gasteiger partial charge in [0.2, 0.25) is 5.89 Å². The maximum Gasteiger partial charge on any atom is 0.266 e. The van der Waals surface area contributed by atoms with Crippen LogP contribution in [-0.2, 0) is 0 Å². The van der Waals surface area contributed by atoms with E-state index in [1.165, 1.54) is 0 Å². The van der Waals surface area contributed by atoms with Gasteiger partial charge in [-0.25, -0.2) is 0 Å². The van der Waals surface area contributed by atoms with Crippen molar-refractivity contribution in [3.05, 3.63) is 65.7 Å². The van der Waals surface area contributed by atoms with Crippen LogP contribution < -0.4 is 0 Å². The number of hydrogen-bond donors (Lipinski definition) is 1. The van der Waals surface area contributed by atoms with Crippen molar-refractivity contribution in [1.82, 2.24) is 20.4 Å². The monoisotopic (exact) mass is 322 g/mol. The molecule has 6 heteroatoms. The van der Waals surface area contributed by atoms with E-state index in [-0.39, 0.29) is 0 Å². The van der Waals surface area contributed by atoms with Crippen LogP contribution >= 0.6 is 11.6 Å². The zero-order valence-electron chi connectivity index (χ0n) is 11.9. The molecule has 5 nitrogen and oxygen atoms in total. The maximum absolute atomic E-state index is 5.90. The van der Waals surface area contributed by atoms with E-state index in [0.717, 1.165) is 16.8 Å². The van der Waals surface area contributed by atoms with Crippen molar-refractivity contribution in [1.29, 1.82) is 0 Å². The zero-order chi connectivity index (χ0) is 15.6. The van der Waals surface area contributed by atoms with Gasteiger partial charge in [0.15, 0.2) is 0 Å². The molecule has 4 rings (SSSR count). The first-order valence-electron chi connectivity index (χ1n) is 7.00. The van der Waals surface area contributed by atoms with E-state index in [9.17, 15) is 0 Å². The molecule has 2 aromatic carbocycles. The molecule has 0 aliphatic heterocycles. The van der Waals surface area contributed by atoms with Crippen LogP contribution in [0.2, 0.25) is 5.02 Å². The third-order valence-corrected chi connectivity index (χ3v) is 3.65. The number of benzene rings is 2. The van der Waals surface area contributed by atoms with Crippen LogP contribution in [0.4, 0.5) is 0 Å². The van der Waals surface area contributed by atoms with Gasteiger partial charge in [-0.05, 0) is 30.3 Å². The molecule has 0 bridgehead atoms. The molecule has 0 saturated carbocycles. The van der Waals surface area contributed by atoms with Crippen LogP contribution in [0.25, 0.3) is 34.3 Å². The van der Waals surface area contributed by atoms with Gasteiger partial charge in [0.1, 0.15) is 5.69 Å². The fourth-order valence-electron chi connectivity index (χ4n) is 2.23. The zero-order valence-corrected chi connectivity index (χ0v) is 12.7. The van der Waals surface area contributed by atoms with Crippen LogP contribution in [0, 0.1) is 0 Å². The summed E-state index contributed by atoms with van der Waals surface area (Å²) in [5, 5.41) is 16.0. The first-order chi connectivity index (χ1) is 11.3. The highest BCUT2D eigenvalue weighted by Gasteiger charge is 2.13. The second-order valence-electron chi connectivity index (χ2n) is 4.95. The molecule has 0 atom stereocenters. The topological polar surface area (TPSA) is 67.6 Å². The predicted molar refractivity (Wildman–Crippen MR) is 87.8 cm³/mol. The number of nitrogens with zero attached hydrogens (tertiary/aromatic N) is 3. The summed E-state index contributed by atoms with van der Waals surface area (Å²) in [4.78, 5) is 0. The van der Waals surface area contributed by atoms with Gasteiger partial charge in [0.05, 0.1) is 5.69 Å². The number of aromatic amines is 1. The average Bonchev–Trinajstić information content (AvgIpc) is 3.26. The van der Waals surface area contributed by atoms with E-state index in [4.69, 9.17) is 16.0 Å². The second-order valence-corrected chi connectivity index (χ2v) is 5.39. The summed E-state index contributed by atoms with van der Waals surface area (Å²) in [6.07, 6.45) is 0. The quantitative estimate of drug-likeness (QED) is 0.605. The molecule has 0 spiro atoms. The Bertz CT molecular complexity index is 929. The lowest BCUT2D eigenvalue weighted by Crippen LogP contribution is -1.77. The minimum absolute atomic E-state index is 0.400. The lowest BCUT2D eigenvalue weighted by Gasteiger charge is -1.94. The van der Waals surface area contributed by atoms with E-state index >= 15 is 0 Å². The van der Waals surface area contributed by atoms with Gasteiger partial charge in [-0.2, -0.15) is 5.10 Å². The molecule has 0 radical (unpaired) electrons. The van der Waals surface area contributed by atoms with Crippen LogP contribution in [0.5, 0.6) is 0 Å².